The summed E-state index contributed by atoms with van der Waals surface area (Å²) >= 11 is 7.88. The highest BCUT2D eigenvalue weighted by molar-refractivity contribution is 7.22. The Hall–Kier alpha value is -4.32. The zero-order chi connectivity index (χ0) is 35.2. The number of carbonyl (C=O) groups excluding carboxylic acids is 4. The lowest BCUT2D eigenvalue weighted by Crippen LogP contribution is -2.48. The third kappa shape index (κ3) is 4.59. The molecule has 258 valence electrons. The second-order valence-corrected chi connectivity index (χ2v) is 15.4. The van der Waals surface area contributed by atoms with Crippen LogP contribution in [0, 0.1) is 36.0 Å². The van der Waals surface area contributed by atoms with Gasteiger partial charge in [-0.25, -0.2) is 4.90 Å². The highest BCUT2D eigenvalue weighted by Gasteiger charge is 2.67. The number of nitrogens with zero attached hydrogens (tertiary/aromatic N) is 4. The van der Waals surface area contributed by atoms with E-state index in [0.29, 0.717) is 35.2 Å². The molecule has 3 fully saturated rings. The van der Waals surface area contributed by atoms with Crippen molar-refractivity contribution in [3.8, 4) is 16.3 Å². The minimum Gasteiger partial charge on any atom is -0.491 e. The van der Waals surface area contributed by atoms with Crippen molar-refractivity contribution in [2.75, 3.05) is 24.7 Å². The van der Waals surface area contributed by atoms with Gasteiger partial charge < -0.3 is 9.84 Å². The summed E-state index contributed by atoms with van der Waals surface area (Å²) in [6.45, 7) is 6.01. The molecule has 6 atom stereocenters. The van der Waals surface area contributed by atoms with Gasteiger partial charge in [-0.1, -0.05) is 35.4 Å². The molecule has 8 rings (SSSR count). The summed E-state index contributed by atoms with van der Waals surface area (Å²) in [5, 5.41) is 15.7. The van der Waals surface area contributed by atoms with Crippen LogP contribution >= 0.6 is 22.9 Å². The summed E-state index contributed by atoms with van der Waals surface area (Å²) in [7, 11) is 1.74. The second kappa shape index (κ2) is 11.9. The van der Waals surface area contributed by atoms with Gasteiger partial charge in [0.2, 0.25) is 23.6 Å². The number of aryl methyl sites for hydroxylation is 2. The largest absolute Gasteiger partial charge is 0.491 e. The van der Waals surface area contributed by atoms with E-state index in [1.807, 2.05) is 44.2 Å². The molecule has 4 amide bonds. The number of aromatic nitrogens is 2. The molecule has 2 aliphatic heterocycles. The van der Waals surface area contributed by atoms with Crippen molar-refractivity contribution in [1.29, 1.82) is 0 Å². The number of carbonyl (C=O) groups is 4. The minimum absolute atomic E-state index is 0.123. The summed E-state index contributed by atoms with van der Waals surface area (Å²) in [6.07, 6.45) is 2.75. The molecule has 2 aliphatic carbocycles. The van der Waals surface area contributed by atoms with Crippen LogP contribution in [0.1, 0.15) is 43.7 Å². The number of likely N-dealkylation sites (tertiary alicyclic amines) is 1. The van der Waals surface area contributed by atoms with Crippen molar-refractivity contribution in [2.24, 2.45) is 36.1 Å². The molecule has 2 aromatic heterocycles. The predicted molar refractivity (Wildman–Crippen MR) is 190 cm³/mol. The Bertz CT molecular complexity index is 2140. The van der Waals surface area contributed by atoms with E-state index in [1.54, 1.807) is 48.2 Å². The van der Waals surface area contributed by atoms with E-state index in [0.717, 1.165) is 31.7 Å². The number of anilines is 1. The van der Waals surface area contributed by atoms with E-state index in [1.165, 1.54) is 9.80 Å². The van der Waals surface area contributed by atoms with Crippen molar-refractivity contribution >= 4 is 62.5 Å². The number of imide groups is 2. The molecule has 0 radical (unpaired) electrons. The summed E-state index contributed by atoms with van der Waals surface area (Å²) in [6, 6.07) is 15.0. The molecular formula is C38H37ClN4O6S. The number of hydrogen-bond donors (Lipinski definition) is 1. The van der Waals surface area contributed by atoms with E-state index < -0.39 is 29.1 Å². The van der Waals surface area contributed by atoms with Crippen LogP contribution in [0.5, 0.6) is 5.75 Å². The first kappa shape index (κ1) is 32.9. The van der Waals surface area contributed by atoms with Gasteiger partial charge in [0, 0.05) is 35.3 Å². The zero-order valence-electron chi connectivity index (χ0n) is 28.2. The molecule has 0 bridgehead atoms. The monoisotopic (exact) mass is 712 g/mol. The number of aliphatic hydroxyl groups excluding tert-OH is 1. The smallest absolute Gasteiger partial charge is 0.242 e. The fourth-order valence-electron chi connectivity index (χ4n) is 9.13. The second-order valence-electron chi connectivity index (χ2n) is 13.9. The summed E-state index contributed by atoms with van der Waals surface area (Å²) in [5.74, 6) is -2.75. The molecule has 4 aromatic rings. The topological polar surface area (TPSA) is 122 Å². The Balaban J connectivity index is 1.23. The van der Waals surface area contributed by atoms with Gasteiger partial charge in [0.15, 0.2) is 0 Å². The highest BCUT2D eigenvalue weighted by atomic mass is 35.5. The van der Waals surface area contributed by atoms with Crippen LogP contribution in [0.15, 0.2) is 60.2 Å². The van der Waals surface area contributed by atoms with E-state index in [-0.39, 0.29) is 49.2 Å². The van der Waals surface area contributed by atoms with Gasteiger partial charge >= 0.3 is 0 Å². The van der Waals surface area contributed by atoms with Gasteiger partial charge in [0.05, 0.1) is 34.7 Å². The molecule has 0 spiro atoms. The van der Waals surface area contributed by atoms with Crippen LogP contribution in [0.2, 0.25) is 5.02 Å². The van der Waals surface area contributed by atoms with Gasteiger partial charge in [0.1, 0.15) is 23.9 Å². The average Bonchev–Trinajstić information content (AvgIpc) is 3.77. The van der Waals surface area contributed by atoms with E-state index in [4.69, 9.17) is 21.4 Å². The Kier molecular flexibility index (Phi) is 7.81. The Morgan fingerprint density at radius 3 is 2.52 bits per heavy atom. The molecule has 50 heavy (non-hydrogen) atoms. The molecular weight excluding hydrogens is 676 g/mol. The van der Waals surface area contributed by atoms with Crippen molar-refractivity contribution in [1.82, 2.24) is 14.7 Å². The lowest BCUT2D eigenvalue weighted by atomic mass is 9.51. The Morgan fingerprint density at radius 2 is 1.80 bits per heavy atom. The third-order valence-electron chi connectivity index (χ3n) is 11.5. The first-order valence-corrected chi connectivity index (χ1v) is 18.2. The number of rotatable bonds is 7. The number of hydrogen-bond acceptors (Lipinski definition) is 8. The van der Waals surface area contributed by atoms with Crippen molar-refractivity contribution < 1.29 is 29.0 Å². The molecule has 2 saturated heterocycles. The number of fused-ring (bicyclic) bond motifs is 5. The predicted octanol–water partition coefficient (Wildman–Crippen LogP) is 5.89. The number of halogens is 1. The number of ether oxygens (including phenoxy) is 1. The Morgan fingerprint density at radius 1 is 1.04 bits per heavy atom. The highest BCUT2D eigenvalue weighted by Crippen LogP contribution is 2.63. The quantitative estimate of drug-likeness (QED) is 0.188. The van der Waals surface area contributed by atoms with Crippen LogP contribution in [0.4, 0.5) is 5.82 Å². The third-order valence-corrected chi connectivity index (χ3v) is 13.0. The van der Waals surface area contributed by atoms with Crippen LogP contribution in [-0.2, 0) is 26.2 Å². The van der Waals surface area contributed by atoms with Crippen LogP contribution in [0.25, 0.3) is 20.7 Å². The first-order valence-electron chi connectivity index (χ1n) is 17.0. The summed E-state index contributed by atoms with van der Waals surface area (Å²) in [4.78, 5) is 60.4. The fraction of sp³-hybridized carbons (Fsp3) is 0.395. The molecule has 4 heterocycles. The van der Waals surface area contributed by atoms with Gasteiger partial charge in [-0.3, -0.25) is 28.8 Å². The average molecular weight is 713 g/mol. The molecule has 12 heteroatoms. The molecule has 6 unspecified atom stereocenters. The molecule has 4 aliphatic rings. The van der Waals surface area contributed by atoms with Crippen molar-refractivity contribution in [3.05, 3.63) is 76.3 Å². The van der Waals surface area contributed by atoms with Gasteiger partial charge in [-0.05, 0) is 86.4 Å². The number of aliphatic hydroxyl groups is 1. The van der Waals surface area contributed by atoms with E-state index >= 15 is 0 Å². The van der Waals surface area contributed by atoms with Crippen molar-refractivity contribution in [3.63, 3.8) is 0 Å². The maximum Gasteiger partial charge on any atom is 0.242 e. The van der Waals surface area contributed by atoms with Gasteiger partial charge in [-0.15, -0.1) is 11.3 Å². The maximum atomic E-state index is 15.0. The molecule has 1 saturated carbocycles. The first-order chi connectivity index (χ1) is 24.0. The van der Waals surface area contributed by atoms with Crippen molar-refractivity contribution in [2.45, 2.75) is 39.5 Å². The Labute approximate surface area is 298 Å². The maximum absolute atomic E-state index is 15.0. The summed E-state index contributed by atoms with van der Waals surface area (Å²) < 4.78 is 8.28. The minimum atomic E-state index is -1.18. The summed E-state index contributed by atoms with van der Waals surface area (Å²) in [5.41, 5.74) is 2.25. The number of benzene rings is 2. The standard InChI is InChI=1S/C38H37ClN4O6S/c1-5-42-34(45)24-12-11-23-26(31(24)36(42)47)17-27-35(46)43(37(48)38(27,3)32(23)20-6-9-22(10-7-20)49-15-14-44)30-18-28(40-41(30)4)33-19(2)25-16-21(39)8-13-29(25)50-33/h6-11,13,16,18,24,26-27,31-32,44H,5,12,14-15,17H2,1-4H3. The van der Waals surface area contributed by atoms with E-state index in [2.05, 4.69) is 6.08 Å². The lowest BCUT2D eigenvalue weighted by molar-refractivity contribution is -0.140. The lowest BCUT2D eigenvalue weighted by Gasteiger charge is -2.49. The number of allylic oxidation sites excluding steroid dienone is 2. The normalized spacial score (nSPS) is 27.6. The molecule has 2 aromatic carbocycles. The van der Waals surface area contributed by atoms with E-state index in [9.17, 15) is 24.3 Å². The number of amides is 4. The van der Waals surface area contributed by atoms with Crippen LogP contribution in [-0.4, -0.2) is 63.2 Å². The van der Waals surface area contributed by atoms with Crippen LogP contribution < -0.4 is 9.64 Å². The van der Waals surface area contributed by atoms with Crippen LogP contribution in [0.3, 0.4) is 0 Å². The molecule has 1 N–H and O–H groups in total. The SMILES string of the molecule is CCN1C(=O)C2CC=C3C(CC4C(=O)N(c5cc(-c6sc7ccc(Cl)cc7c6C)nn5C)C(=O)C4(C)C3c3ccc(OCCO)cc3)C2C1=O. The number of thiophene rings is 1. The van der Waals surface area contributed by atoms with Gasteiger partial charge in [-0.2, -0.15) is 5.10 Å². The fourth-order valence-corrected chi connectivity index (χ4v) is 10.4. The molecule has 10 nitrogen and oxygen atoms in total. The van der Waals surface area contributed by atoms with Gasteiger partial charge in [0.25, 0.3) is 0 Å². The zero-order valence-corrected chi connectivity index (χ0v) is 29.8.